The summed E-state index contributed by atoms with van der Waals surface area (Å²) < 4.78 is 19.1. The summed E-state index contributed by atoms with van der Waals surface area (Å²) >= 11 is 0. The van der Waals surface area contributed by atoms with Crippen molar-refractivity contribution in [2.75, 3.05) is 0 Å². The van der Waals surface area contributed by atoms with Crippen LogP contribution in [0.4, 0.5) is 4.39 Å². The number of benzene rings is 1. The average molecular weight is 264 g/mol. The Morgan fingerprint density at radius 3 is 2.47 bits per heavy atom. The first kappa shape index (κ1) is 14.1. The number of hydrogen-bond acceptors (Lipinski definition) is 2. The molecule has 0 fully saturated rings. The van der Waals surface area contributed by atoms with Crippen LogP contribution in [0.1, 0.15) is 51.4 Å². The fourth-order valence-corrected chi connectivity index (χ4v) is 2.63. The SMILES string of the molecule is CCCC(CCC)C(O)c1cc2cccc(F)c2o1. The first-order valence-electron chi connectivity index (χ1n) is 7.03. The Bertz CT molecular complexity index is 527. The van der Waals surface area contributed by atoms with E-state index in [1.165, 1.54) is 6.07 Å². The second kappa shape index (κ2) is 6.20. The van der Waals surface area contributed by atoms with Crippen molar-refractivity contribution in [2.45, 2.75) is 45.6 Å². The summed E-state index contributed by atoms with van der Waals surface area (Å²) in [4.78, 5) is 0. The molecule has 0 bridgehead atoms. The zero-order valence-electron chi connectivity index (χ0n) is 11.5. The van der Waals surface area contributed by atoms with Gasteiger partial charge in [0.15, 0.2) is 11.4 Å². The third-order valence-corrected chi connectivity index (χ3v) is 3.57. The molecule has 19 heavy (non-hydrogen) atoms. The summed E-state index contributed by atoms with van der Waals surface area (Å²) in [6.07, 6.45) is 3.31. The molecular formula is C16H21FO2. The molecule has 1 aromatic carbocycles. The summed E-state index contributed by atoms with van der Waals surface area (Å²) in [5.74, 6) is 0.282. The molecule has 1 aromatic heterocycles. The third kappa shape index (κ3) is 2.98. The Morgan fingerprint density at radius 2 is 1.89 bits per heavy atom. The molecule has 0 spiro atoms. The van der Waals surface area contributed by atoms with Crippen LogP contribution in [-0.2, 0) is 0 Å². The average Bonchev–Trinajstić information content (AvgIpc) is 2.83. The van der Waals surface area contributed by atoms with Gasteiger partial charge in [-0.1, -0.05) is 38.8 Å². The van der Waals surface area contributed by atoms with Crippen molar-refractivity contribution >= 4 is 11.0 Å². The van der Waals surface area contributed by atoms with E-state index in [0.29, 0.717) is 11.1 Å². The van der Waals surface area contributed by atoms with Gasteiger partial charge in [0.1, 0.15) is 11.9 Å². The number of para-hydroxylation sites is 1. The van der Waals surface area contributed by atoms with Crippen molar-refractivity contribution in [3.63, 3.8) is 0 Å². The van der Waals surface area contributed by atoms with Gasteiger partial charge in [0, 0.05) is 5.39 Å². The molecule has 2 nitrogen and oxygen atoms in total. The number of hydrogen-bond donors (Lipinski definition) is 1. The number of furan rings is 1. The van der Waals surface area contributed by atoms with Gasteiger partial charge in [-0.05, 0) is 30.9 Å². The van der Waals surface area contributed by atoms with E-state index in [0.717, 1.165) is 25.7 Å². The lowest BCUT2D eigenvalue weighted by Crippen LogP contribution is -2.11. The van der Waals surface area contributed by atoms with E-state index in [-0.39, 0.29) is 17.3 Å². The molecule has 0 aliphatic rings. The molecule has 2 rings (SSSR count). The van der Waals surface area contributed by atoms with Gasteiger partial charge in [-0.3, -0.25) is 0 Å². The highest BCUT2D eigenvalue weighted by molar-refractivity contribution is 5.78. The topological polar surface area (TPSA) is 33.4 Å². The van der Waals surface area contributed by atoms with Crippen molar-refractivity contribution in [2.24, 2.45) is 5.92 Å². The van der Waals surface area contributed by atoms with E-state index in [1.54, 1.807) is 18.2 Å². The highest BCUT2D eigenvalue weighted by Crippen LogP contribution is 2.33. The standard InChI is InChI=1S/C16H21FO2/c1-3-6-11(7-4-2)15(18)14-10-12-8-5-9-13(17)16(12)19-14/h5,8-11,15,18H,3-4,6-7H2,1-2H3. The molecule has 104 valence electrons. The number of halogens is 1. The van der Waals surface area contributed by atoms with Gasteiger partial charge in [0.2, 0.25) is 0 Å². The molecule has 2 aromatic rings. The van der Waals surface area contributed by atoms with Crippen molar-refractivity contribution in [1.82, 2.24) is 0 Å². The molecule has 0 radical (unpaired) electrons. The zero-order chi connectivity index (χ0) is 13.8. The number of fused-ring (bicyclic) bond motifs is 1. The monoisotopic (exact) mass is 264 g/mol. The second-order valence-corrected chi connectivity index (χ2v) is 5.09. The van der Waals surface area contributed by atoms with Crippen LogP contribution < -0.4 is 0 Å². The molecule has 1 heterocycles. The Balaban J connectivity index is 2.29. The van der Waals surface area contributed by atoms with Crippen molar-refractivity contribution in [1.29, 1.82) is 0 Å². The first-order chi connectivity index (χ1) is 9.17. The quantitative estimate of drug-likeness (QED) is 0.811. The molecule has 3 heteroatoms. The first-order valence-corrected chi connectivity index (χ1v) is 7.03. The van der Waals surface area contributed by atoms with Crippen LogP contribution in [-0.4, -0.2) is 5.11 Å². The minimum atomic E-state index is -0.647. The lowest BCUT2D eigenvalue weighted by molar-refractivity contribution is 0.0769. The van der Waals surface area contributed by atoms with Crippen LogP contribution in [0, 0.1) is 11.7 Å². The maximum absolute atomic E-state index is 13.6. The van der Waals surface area contributed by atoms with E-state index >= 15 is 0 Å². The summed E-state index contributed by atoms with van der Waals surface area (Å²) in [5, 5.41) is 11.1. The predicted octanol–water partition coefficient (Wildman–Crippen LogP) is 4.82. The fourth-order valence-electron chi connectivity index (χ4n) is 2.63. The van der Waals surface area contributed by atoms with Gasteiger partial charge in [-0.2, -0.15) is 0 Å². The van der Waals surface area contributed by atoms with Gasteiger partial charge in [-0.25, -0.2) is 4.39 Å². The lowest BCUT2D eigenvalue weighted by Gasteiger charge is -2.20. The van der Waals surface area contributed by atoms with Gasteiger partial charge < -0.3 is 9.52 Å². The van der Waals surface area contributed by atoms with E-state index < -0.39 is 6.10 Å². The minimum Gasteiger partial charge on any atom is -0.455 e. The van der Waals surface area contributed by atoms with Crippen LogP contribution >= 0.6 is 0 Å². The molecule has 1 atom stereocenters. The highest BCUT2D eigenvalue weighted by Gasteiger charge is 2.23. The molecular weight excluding hydrogens is 243 g/mol. The van der Waals surface area contributed by atoms with Crippen molar-refractivity contribution < 1.29 is 13.9 Å². The lowest BCUT2D eigenvalue weighted by atomic mass is 9.91. The van der Waals surface area contributed by atoms with Crippen LogP contribution in [0.5, 0.6) is 0 Å². The van der Waals surface area contributed by atoms with Gasteiger partial charge >= 0.3 is 0 Å². The highest BCUT2D eigenvalue weighted by atomic mass is 19.1. The van der Waals surface area contributed by atoms with E-state index in [4.69, 9.17) is 4.42 Å². The van der Waals surface area contributed by atoms with Gasteiger partial charge in [0.05, 0.1) is 0 Å². The third-order valence-electron chi connectivity index (χ3n) is 3.57. The maximum atomic E-state index is 13.6. The van der Waals surface area contributed by atoms with Crippen molar-refractivity contribution in [3.8, 4) is 0 Å². The van der Waals surface area contributed by atoms with E-state index in [9.17, 15) is 9.50 Å². The molecule has 0 amide bonds. The zero-order valence-corrected chi connectivity index (χ0v) is 11.5. The minimum absolute atomic E-state index is 0.179. The summed E-state index contributed by atoms with van der Waals surface area (Å²) in [7, 11) is 0. The Morgan fingerprint density at radius 1 is 1.21 bits per heavy atom. The summed E-state index contributed by atoms with van der Waals surface area (Å²) in [6.45, 7) is 4.21. The van der Waals surface area contributed by atoms with Crippen LogP contribution in [0.3, 0.4) is 0 Å². The maximum Gasteiger partial charge on any atom is 0.170 e. The fraction of sp³-hybridized carbons (Fsp3) is 0.500. The van der Waals surface area contributed by atoms with Crippen molar-refractivity contribution in [3.05, 3.63) is 35.8 Å². The normalized spacial score (nSPS) is 13.3. The Hall–Kier alpha value is -1.35. The Kier molecular flexibility index (Phi) is 4.59. The number of aliphatic hydroxyl groups excluding tert-OH is 1. The Labute approximate surface area is 113 Å². The van der Waals surface area contributed by atoms with Crippen LogP contribution in [0.25, 0.3) is 11.0 Å². The number of rotatable bonds is 6. The molecule has 0 saturated carbocycles. The van der Waals surface area contributed by atoms with E-state index in [1.807, 2.05) is 0 Å². The predicted molar refractivity (Wildman–Crippen MR) is 74.4 cm³/mol. The smallest absolute Gasteiger partial charge is 0.170 e. The summed E-state index contributed by atoms with van der Waals surface area (Å²) in [5.41, 5.74) is 0.239. The number of aliphatic hydroxyl groups is 1. The summed E-state index contributed by atoms with van der Waals surface area (Å²) in [6, 6.07) is 6.57. The van der Waals surface area contributed by atoms with E-state index in [2.05, 4.69) is 13.8 Å². The van der Waals surface area contributed by atoms with Gasteiger partial charge in [0.25, 0.3) is 0 Å². The molecule has 0 aliphatic carbocycles. The molecule has 0 saturated heterocycles. The van der Waals surface area contributed by atoms with Gasteiger partial charge in [-0.15, -0.1) is 0 Å². The molecule has 1 unspecified atom stereocenters. The van der Waals surface area contributed by atoms with Crippen LogP contribution in [0.2, 0.25) is 0 Å². The largest absolute Gasteiger partial charge is 0.455 e. The molecule has 0 aliphatic heterocycles. The second-order valence-electron chi connectivity index (χ2n) is 5.09. The molecule has 1 N–H and O–H groups in total. The van der Waals surface area contributed by atoms with Crippen LogP contribution in [0.15, 0.2) is 28.7 Å².